The van der Waals surface area contributed by atoms with E-state index >= 15 is 0 Å². The van der Waals surface area contributed by atoms with Crippen LogP contribution in [0.25, 0.3) is 5.76 Å². The molecule has 0 radical (unpaired) electrons. The van der Waals surface area contributed by atoms with Gasteiger partial charge in [0.2, 0.25) is 0 Å². The molecule has 0 atom stereocenters. The number of hydrogen-bond acceptors (Lipinski definition) is 1. The summed E-state index contributed by atoms with van der Waals surface area (Å²) in [5, 5.41) is 9.15. The highest BCUT2D eigenvalue weighted by Crippen LogP contribution is 2.21. The summed E-state index contributed by atoms with van der Waals surface area (Å²) in [6, 6.07) is 7.90. The Labute approximate surface area is 86.1 Å². The molecule has 0 heterocycles. The van der Waals surface area contributed by atoms with Gasteiger partial charge in [-0.15, -0.1) is 0 Å². The SMILES string of the molecule is C=C(O)c1ccc(CC(C)(C)C)cc1. The molecule has 0 saturated heterocycles. The van der Waals surface area contributed by atoms with Crippen molar-refractivity contribution in [1.82, 2.24) is 0 Å². The summed E-state index contributed by atoms with van der Waals surface area (Å²) >= 11 is 0. The van der Waals surface area contributed by atoms with Crippen LogP contribution >= 0.6 is 0 Å². The van der Waals surface area contributed by atoms with Crippen molar-refractivity contribution in [2.75, 3.05) is 0 Å². The molecule has 1 aromatic carbocycles. The Morgan fingerprint density at radius 2 is 1.71 bits per heavy atom. The molecule has 1 heteroatoms. The van der Waals surface area contributed by atoms with Crippen LogP contribution in [0.15, 0.2) is 30.8 Å². The highest BCUT2D eigenvalue weighted by molar-refractivity contribution is 5.55. The first-order valence-electron chi connectivity index (χ1n) is 4.86. The third-order valence-corrected chi connectivity index (χ3v) is 2.02. The van der Waals surface area contributed by atoms with Gasteiger partial charge in [0.05, 0.1) is 0 Å². The minimum absolute atomic E-state index is 0.132. The lowest BCUT2D eigenvalue weighted by Gasteiger charge is -2.18. The largest absolute Gasteiger partial charge is 0.508 e. The van der Waals surface area contributed by atoms with Crippen LogP contribution in [-0.2, 0) is 6.42 Å². The van der Waals surface area contributed by atoms with Crippen LogP contribution in [0.3, 0.4) is 0 Å². The fourth-order valence-electron chi connectivity index (χ4n) is 1.43. The zero-order valence-corrected chi connectivity index (χ0v) is 9.17. The first-order chi connectivity index (χ1) is 6.38. The summed E-state index contributed by atoms with van der Waals surface area (Å²) < 4.78 is 0. The maximum atomic E-state index is 9.15. The summed E-state index contributed by atoms with van der Waals surface area (Å²) in [6.07, 6.45) is 1.05. The van der Waals surface area contributed by atoms with E-state index in [-0.39, 0.29) is 5.76 Å². The van der Waals surface area contributed by atoms with E-state index < -0.39 is 0 Å². The summed E-state index contributed by atoms with van der Waals surface area (Å²) in [6.45, 7) is 10.1. The topological polar surface area (TPSA) is 20.2 Å². The normalized spacial score (nSPS) is 11.4. The molecule has 0 amide bonds. The van der Waals surface area contributed by atoms with Crippen LogP contribution in [0, 0.1) is 5.41 Å². The number of aliphatic hydroxyl groups is 1. The first-order valence-corrected chi connectivity index (χ1v) is 4.86. The molecular weight excluding hydrogens is 172 g/mol. The third-order valence-electron chi connectivity index (χ3n) is 2.02. The van der Waals surface area contributed by atoms with Gasteiger partial charge in [-0.3, -0.25) is 0 Å². The van der Waals surface area contributed by atoms with Gasteiger partial charge in [-0.1, -0.05) is 51.6 Å². The zero-order chi connectivity index (χ0) is 10.8. The molecule has 1 N–H and O–H groups in total. The van der Waals surface area contributed by atoms with E-state index in [1.54, 1.807) is 0 Å². The van der Waals surface area contributed by atoms with E-state index in [0.717, 1.165) is 12.0 Å². The molecule has 0 aliphatic heterocycles. The summed E-state index contributed by atoms with van der Waals surface area (Å²) in [7, 11) is 0. The molecule has 76 valence electrons. The number of benzene rings is 1. The van der Waals surface area contributed by atoms with Crippen LogP contribution in [0.5, 0.6) is 0 Å². The Morgan fingerprint density at radius 1 is 1.21 bits per heavy atom. The van der Waals surface area contributed by atoms with Crippen molar-refractivity contribution in [3.05, 3.63) is 42.0 Å². The van der Waals surface area contributed by atoms with Crippen molar-refractivity contribution in [3.63, 3.8) is 0 Å². The van der Waals surface area contributed by atoms with Crippen molar-refractivity contribution in [2.45, 2.75) is 27.2 Å². The maximum absolute atomic E-state index is 9.15. The Kier molecular flexibility index (Phi) is 3.00. The molecule has 0 saturated carbocycles. The average molecular weight is 190 g/mol. The second-order valence-corrected chi connectivity index (χ2v) is 4.88. The molecule has 0 unspecified atom stereocenters. The predicted octanol–water partition coefficient (Wildman–Crippen LogP) is 3.80. The van der Waals surface area contributed by atoms with Gasteiger partial charge in [-0.25, -0.2) is 0 Å². The van der Waals surface area contributed by atoms with Crippen molar-refractivity contribution in [2.24, 2.45) is 5.41 Å². The fourth-order valence-corrected chi connectivity index (χ4v) is 1.43. The standard InChI is InChI=1S/C13H18O/c1-10(14)12-7-5-11(6-8-12)9-13(2,3)4/h5-8,14H,1,9H2,2-4H3. The molecule has 14 heavy (non-hydrogen) atoms. The van der Waals surface area contributed by atoms with E-state index in [2.05, 4.69) is 27.4 Å². The third kappa shape index (κ3) is 3.25. The number of rotatable bonds is 2. The molecule has 0 aromatic heterocycles. The van der Waals surface area contributed by atoms with Gasteiger partial charge in [0.25, 0.3) is 0 Å². The van der Waals surface area contributed by atoms with Crippen LogP contribution in [0.4, 0.5) is 0 Å². The fraction of sp³-hybridized carbons (Fsp3) is 0.385. The van der Waals surface area contributed by atoms with Crippen LogP contribution in [0.1, 0.15) is 31.9 Å². The van der Waals surface area contributed by atoms with Gasteiger partial charge in [0, 0.05) is 5.56 Å². The Morgan fingerprint density at radius 3 is 2.07 bits per heavy atom. The molecule has 1 nitrogen and oxygen atoms in total. The van der Waals surface area contributed by atoms with E-state index in [4.69, 9.17) is 5.11 Å². The van der Waals surface area contributed by atoms with E-state index in [9.17, 15) is 0 Å². The second kappa shape index (κ2) is 3.87. The van der Waals surface area contributed by atoms with Crippen molar-refractivity contribution in [3.8, 4) is 0 Å². The van der Waals surface area contributed by atoms with E-state index in [1.807, 2.05) is 24.3 Å². The van der Waals surface area contributed by atoms with Crippen molar-refractivity contribution < 1.29 is 5.11 Å². The molecule has 0 aliphatic rings. The second-order valence-electron chi connectivity index (χ2n) is 4.88. The van der Waals surface area contributed by atoms with Crippen molar-refractivity contribution in [1.29, 1.82) is 0 Å². The summed E-state index contributed by atoms with van der Waals surface area (Å²) in [4.78, 5) is 0. The molecule has 0 bridgehead atoms. The summed E-state index contributed by atoms with van der Waals surface area (Å²) in [5.74, 6) is 0.132. The number of aliphatic hydroxyl groups excluding tert-OH is 1. The van der Waals surface area contributed by atoms with Gasteiger partial charge in [0.15, 0.2) is 0 Å². The highest BCUT2D eigenvalue weighted by atomic mass is 16.3. The predicted molar refractivity (Wildman–Crippen MR) is 61.3 cm³/mol. The van der Waals surface area contributed by atoms with Gasteiger partial charge >= 0.3 is 0 Å². The van der Waals surface area contributed by atoms with Gasteiger partial charge in [-0.2, -0.15) is 0 Å². The smallest absolute Gasteiger partial charge is 0.115 e. The van der Waals surface area contributed by atoms with Crippen LogP contribution in [-0.4, -0.2) is 5.11 Å². The van der Waals surface area contributed by atoms with E-state index in [0.29, 0.717) is 5.41 Å². The Hall–Kier alpha value is -1.24. The van der Waals surface area contributed by atoms with Crippen LogP contribution in [0.2, 0.25) is 0 Å². The molecule has 0 fully saturated rings. The number of hydrogen-bond donors (Lipinski definition) is 1. The maximum Gasteiger partial charge on any atom is 0.115 e. The highest BCUT2D eigenvalue weighted by Gasteiger charge is 2.10. The van der Waals surface area contributed by atoms with E-state index in [1.165, 1.54) is 5.56 Å². The lowest BCUT2D eigenvalue weighted by atomic mass is 9.88. The first kappa shape index (κ1) is 10.8. The molecule has 0 spiro atoms. The Bertz CT molecular complexity index is 314. The zero-order valence-electron chi connectivity index (χ0n) is 9.17. The lowest BCUT2D eigenvalue weighted by molar-refractivity contribution is 0.411. The molecule has 1 aromatic rings. The lowest BCUT2D eigenvalue weighted by Crippen LogP contribution is -2.08. The average Bonchev–Trinajstić information content (AvgIpc) is 2.02. The minimum Gasteiger partial charge on any atom is -0.508 e. The van der Waals surface area contributed by atoms with Crippen molar-refractivity contribution >= 4 is 5.76 Å². The molecular formula is C13H18O. The van der Waals surface area contributed by atoms with Gasteiger partial charge in [0.1, 0.15) is 5.76 Å². The monoisotopic (exact) mass is 190 g/mol. The summed E-state index contributed by atoms with van der Waals surface area (Å²) in [5.41, 5.74) is 2.39. The quantitative estimate of drug-likeness (QED) is 0.703. The minimum atomic E-state index is 0.132. The van der Waals surface area contributed by atoms with Gasteiger partial charge in [-0.05, 0) is 17.4 Å². The molecule has 0 aliphatic carbocycles. The van der Waals surface area contributed by atoms with Crippen LogP contribution < -0.4 is 0 Å². The van der Waals surface area contributed by atoms with Gasteiger partial charge < -0.3 is 5.11 Å². The Balaban J connectivity index is 2.79. The molecule has 1 rings (SSSR count).